The van der Waals surface area contributed by atoms with E-state index >= 15 is 0 Å². The Morgan fingerprint density at radius 3 is 1.40 bits per heavy atom. The highest BCUT2D eigenvalue weighted by atomic mass is 16.5. The van der Waals surface area contributed by atoms with Crippen molar-refractivity contribution >= 4 is 11.9 Å². The Balaban J connectivity index is 4.14. The lowest BCUT2D eigenvalue weighted by Gasteiger charge is -2.22. The summed E-state index contributed by atoms with van der Waals surface area (Å²) < 4.78 is 9.33. The van der Waals surface area contributed by atoms with Gasteiger partial charge in [0.1, 0.15) is 11.1 Å². The van der Waals surface area contributed by atoms with Crippen molar-refractivity contribution in [3.8, 4) is 11.8 Å². The molecule has 6 heteroatoms. The molecular weight excluding hydrogens is 260 g/mol. The molecule has 0 radical (unpaired) electrons. The molecule has 0 amide bonds. The highest BCUT2D eigenvalue weighted by Gasteiger charge is 2.28. The first-order valence-corrected chi connectivity index (χ1v) is 6.30. The predicted octanol–water partition coefficient (Wildman–Crippen LogP) is 0.0722. The maximum atomic E-state index is 11.4. The van der Waals surface area contributed by atoms with Crippen LogP contribution in [0, 0.1) is 11.8 Å². The van der Waals surface area contributed by atoms with E-state index in [0.29, 0.717) is 13.1 Å². The van der Waals surface area contributed by atoms with Gasteiger partial charge in [0.05, 0.1) is 27.3 Å². The van der Waals surface area contributed by atoms with Gasteiger partial charge in [-0.25, -0.2) is 0 Å². The summed E-state index contributed by atoms with van der Waals surface area (Å²) in [6.45, 7) is 7.58. The molecule has 0 aromatic heterocycles. The molecule has 2 N–H and O–H groups in total. The van der Waals surface area contributed by atoms with Crippen LogP contribution in [-0.2, 0) is 19.1 Å². The summed E-state index contributed by atoms with van der Waals surface area (Å²) in [5.41, 5.74) is -1.55. The van der Waals surface area contributed by atoms with Crippen LogP contribution in [0.1, 0.15) is 27.7 Å². The Hall–Kier alpha value is -1.58. The molecule has 0 aliphatic carbocycles. The van der Waals surface area contributed by atoms with Crippen LogP contribution in [0.2, 0.25) is 0 Å². The van der Waals surface area contributed by atoms with Crippen LogP contribution in [-0.4, -0.2) is 50.3 Å². The maximum absolute atomic E-state index is 11.4. The minimum absolute atomic E-state index is 0.343. The van der Waals surface area contributed by atoms with Crippen LogP contribution in [0.25, 0.3) is 0 Å². The largest absolute Gasteiger partial charge is 0.468 e. The number of esters is 2. The predicted molar refractivity (Wildman–Crippen MR) is 76.0 cm³/mol. The maximum Gasteiger partial charge on any atom is 0.325 e. The molecule has 0 saturated carbocycles. The summed E-state index contributed by atoms with van der Waals surface area (Å²) in [5.74, 6) is 5.05. The number of rotatable bonds is 6. The molecule has 6 nitrogen and oxygen atoms in total. The third-order valence-electron chi connectivity index (χ3n) is 2.75. The van der Waals surface area contributed by atoms with E-state index in [1.807, 2.05) is 0 Å². The van der Waals surface area contributed by atoms with Crippen LogP contribution in [0.5, 0.6) is 0 Å². The molecule has 0 spiro atoms. The van der Waals surface area contributed by atoms with E-state index in [1.165, 1.54) is 14.2 Å². The highest BCUT2D eigenvalue weighted by molar-refractivity contribution is 5.80. The Bertz CT molecular complexity index is 369. The van der Waals surface area contributed by atoms with Crippen molar-refractivity contribution in [2.75, 3.05) is 27.3 Å². The van der Waals surface area contributed by atoms with Crippen molar-refractivity contribution in [1.29, 1.82) is 0 Å². The Kier molecular flexibility index (Phi) is 7.25. The van der Waals surface area contributed by atoms with E-state index in [1.54, 1.807) is 27.7 Å². The fourth-order valence-corrected chi connectivity index (χ4v) is 1.31. The summed E-state index contributed by atoms with van der Waals surface area (Å²) in [5, 5.41) is 5.95. The molecule has 0 aromatic carbocycles. The molecule has 114 valence electrons. The van der Waals surface area contributed by atoms with Gasteiger partial charge in [-0.2, -0.15) is 0 Å². The normalized spacial score (nSPS) is 11.3. The summed E-state index contributed by atoms with van der Waals surface area (Å²) in [4.78, 5) is 22.8. The standard InChI is InChI=1S/C14H24N2O4/c1-13(2,11(17)19-5)15-9-7-8-10-16-14(3,4)12(18)20-6/h15-16H,9-10H2,1-6H3. The number of nitrogens with one attached hydrogen (secondary N) is 2. The number of hydrogen-bond acceptors (Lipinski definition) is 6. The van der Waals surface area contributed by atoms with E-state index in [4.69, 9.17) is 0 Å². The third kappa shape index (κ3) is 6.04. The molecule has 0 bridgehead atoms. The first-order chi connectivity index (χ1) is 9.17. The number of carbonyl (C=O) groups excluding carboxylic acids is 2. The quantitative estimate of drug-likeness (QED) is 0.531. The van der Waals surface area contributed by atoms with Crippen LogP contribution >= 0.6 is 0 Å². The van der Waals surface area contributed by atoms with Crippen molar-refractivity contribution in [3.05, 3.63) is 0 Å². The zero-order chi connectivity index (χ0) is 15.8. The van der Waals surface area contributed by atoms with Gasteiger partial charge in [-0.3, -0.25) is 20.2 Å². The fourth-order valence-electron chi connectivity index (χ4n) is 1.31. The molecule has 0 aromatic rings. The van der Waals surface area contributed by atoms with Gasteiger partial charge < -0.3 is 9.47 Å². The second-order valence-corrected chi connectivity index (χ2v) is 5.29. The van der Waals surface area contributed by atoms with Crippen molar-refractivity contribution in [2.45, 2.75) is 38.8 Å². The van der Waals surface area contributed by atoms with Crippen molar-refractivity contribution in [1.82, 2.24) is 10.6 Å². The molecule has 0 aliphatic heterocycles. The fraction of sp³-hybridized carbons (Fsp3) is 0.714. The Morgan fingerprint density at radius 2 is 1.15 bits per heavy atom. The molecule has 0 heterocycles. The first kappa shape index (κ1) is 18.4. The lowest BCUT2D eigenvalue weighted by atomic mass is 10.1. The lowest BCUT2D eigenvalue weighted by Crippen LogP contribution is -2.48. The van der Waals surface area contributed by atoms with Gasteiger partial charge in [0.25, 0.3) is 0 Å². The minimum atomic E-state index is -0.776. The number of carbonyl (C=O) groups is 2. The molecule has 0 fully saturated rings. The van der Waals surface area contributed by atoms with Crippen molar-refractivity contribution < 1.29 is 19.1 Å². The summed E-state index contributed by atoms with van der Waals surface area (Å²) in [7, 11) is 2.69. The SMILES string of the molecule is COC(=O)C(C)(C)NCC#CCNC(C)(C)C(=O)OC. The number of ether oxygens (including phenoxy) is 2. The Labute approximate surface area is 120 Å². The van der Waals surface area contributed by atoms with E-state index in [2.05, 4.69) is 31.9 Å². The zero-order valence-corrected chi connectivity index (χ0v) is 13.0. The molecular formula is C14H24N2O4. The molecule has 20 heavy (non-hydrogen) atoms. The first-order valence-electron chi connectivity index (χ1n) is 6.30. The lowest BCUT2D eigenvalue weighted by molar-refractivity contribution is -0.147. The van der Waals surface area contributed by atoms with Crippen LogP contribution in [0.4, 0.5) is 0 Å². The van der Waals surface area contributed by atoms with Crippen molar-refractivity contribution in [3.63, 3.8) is 0 Å². The molecule has 0 aliphatic rings. The highest BCUT2D eigenvalue weighted by Crippen LogP contribution is 2.04. The van der Waals surface area contributed by atoms with Gasteiger partial charge >= 0.3 is 11.9 Å². The number of methoxy groups -OCH3 is 2. The van der Waals surface area contributed by atoms with E-state index in [-0.39, 0.29) is 11.9 Å². The van der Waals surface area contributed by atoms with Crippen LogP contribution in [0.3, 0.4) is 0 Å². The molecule has 0 rings (SSSR count). The molecule has 0 atom stereocenters. The molecule has 0 unspecified atom stereocenters. The average Bonchev–Trinajstić information content (AvgIpc) is 2.40. The average molecular weight is 284 g/mol. The number of hydrogen-bond donors (Lipinski definition) is 2. The van der Waals surface area contributed by atoms with Gasteiger partial charge in [-0.1, -0.05) is 11.8 Å². The molecule has 0 saturated heterocycles. The van der Waals surface area contributed by atoms with Crippen molar-refractivity contribution in [2.24, 2.45) is 0 Å². The monoisotopic (exact) mass is 284 g/mol. The Morgan fingerprint density at radius 1 is 0.850 bits per heavy atom. The van der Waals surface area contributed by atoms with Gasteiger partial charge in [-0.05, 0) is 27.7 Å². The van der Waals surface area contributed by atoms with E-state index < -0.39 is 11.1 Å². The van der Waals surface area contributed by atoms with Gasteiger partial charge in [0.2, 0.25) is 0 Å². The third-order valence-corrected chi connectivity index (χ3v) is 2.75. The van der Waals surface area contributed by atoms with E-state index in [0.717, 1.165) is 0 Å². The second kappa shape index (κ2) is 7.88. The summed E-state index contributed by atoms with van der Waals surface area (Å²) >= 11 is 0. The van der Waals surface area contributed by atoms with E-state index in [9.17, 15) is 9.59 Å². The minimum Gasteiger partial charge on any atom is -0.468 e. The van der Waals surface area contributed by atoms with Crippen LogP contribution in [0.15, 0.2) is 0 Å². The topological polar surface area (TPSA) is 76.7 Å². The van der Waals surface area contributed by atoms with Gasteiger partial charge in [0, 0.05) is 0 Å². The second-order valence-electron chi connectivity index (χ2n) is 5.29. The zero-order valence-electron chi connectivity index (χ0n) is 13.0. The van der Waals surface area contributed by atoms with Gasteiger partial charge in [0.15, 0.2) is 0 Å². The summed E-state index contributed by atoms with van der Waals surface area (Å²) in [6.07, 6.45) is 0. The smallest absolute Gasteiger partial charge is 0.325 e. The summed E-state index contributed by atoms with van der Waals surface area (Å²) in [6, 6.07) is 0. The van der Waals surface area contributed by atoms with Gasteiger partial charge in [-0.15, -0.1) is 0 Å². The van der Waals surface area contributed by atoms with Crippen LogP contribution < -0.4 is 10.6 Å².